The van der Waals surface area contributed by atoms with Crippen molar-refractivity contribution in [3.05, 3.63) is 69.3 Å². The average Bonchev–Trinajstić information content (AvgIpc) is 2.87. The van der Waals surface area contributed by atoms with Crippen LogP contribution in [0.3, 0.4) is 0 Å². The normalized spacial score (nSPS) is 11.3. The zero-order chi connectivity index (χ0) is 16.3. The lowest BCUT2D eigenvalue weighted by Crippen LogP contribution is -2.02. The Morgan fingerprint density at radius 3 is 2.55 bits per heavy atom. The Morgan fingerprint density at radius 1 is 1.27 bits per heavy atom. The molecule has 22 heavy (non-hydrogen) atoms. The minimum Gasteiger partial charge on any atom is -0.458 e. The second kappa shape index (κ2) is 6.26. The van der Waals surface area contributed by atoms with E-state index in [1.807, 2.05) is 0 Å². The highest BCUT2D eigenvalue weighted by molar-refractivity contribution is 6.03. The van der Waals surface area contributed by atoms with Gasteiger partial charge in [0.05, 0.1) is 4.92 Å². The second-order valence-corrected chi connectivity index (χ2v) is 4.98. The van der Waals surface area contributed by atoms with Crippen molar-refractivity contribution < 1.29 is 14.1 Å². The van der Waals surface area contributed by atoms with Gasteiger partial charge < -0.3 is 9.73 Å². The summed E-state index contributed by atoms with van der Waals surface area (Å²) in [4.78, 5) is 22.3. The molecule has 0 aliphatic heterocycles. The molecule has 1 N–H and O–H groups in total. The molecule has 0 bridgehead atoms. The predicted octanol–water partition coefficient (Wildman–Crippen LogP) is 4.00. The number of carbonyl (C=O) groups is 1. The first-order valence-corrected chi connectivity index (χ1v) is 6.68. The van der Waals surface area contributed by atoms with E-state index < -0.39 is 4.92 Å². The maximum Gasteiger partial charge on any atom is 0.269 e. The van der Waals surface area contributed by atoms with Gasteiger partial charge in [-0.15, -0.1) is 0 Å². The molecule has 0 spiro atoms. The highest BCUT2D eigenvalue weighted by atomic mass is 16.6. The first-order valence-electron chi connectivity index (χ1n) is 6.68. The average molecular weight is 300 g/mol. The molecule has 0 atom stereocenters. The molecule has 0 aliphatic rings. The van der Waals surface area contributed by atoms with E-state index in [1.54, 1.807) is 39.0 Å². The number of nitrogens with one attached hydrogen (secondary N) is 1. The predicted molar refractivity (Wildman–Crippen MR) is 83.0 cm³/mol. The molecule has 0 radical (unpaired) electrons. The number of nitro benzene ring substituents is 1. The van der Waals surface area contributed by atoms with Crippen LogP contribution in [0.2, 0.25) is 0 Å². The largest absolute Gasteiger partial charge is 0.458 e. The van der Waals surface area contributed by atoms with E-state index in [0.29, 0.717) is 17.1 Å². The summed E-state index contributed by atoms with van der Waals surface area (Å²) in [5, 5.41) is 13.8. The molecule has 0 fully saturated rings. The minimum absolute atomic E-state index is 0.0341. The number of carbonyl (C=O) groups excluding carboxylic acids is 1. The van der Waals surface area contributed by atoms with E-state index in [9.17, 15) is 14.9 Å². The van der Waals surface area contributed by atoms with Crippen LogP contribution >= 0.6 is 0 Å². The van der Waals surface area contributed by atoms with Crippen LogP contribution in [0.25, 0.3) is 0 Å². The summed E-state index contributed by atoms with van der Waals surface area (Å²) in [5.41, 5.74) is 2.09. The molecule has 6 heteroatoms. The van der Waals surface area contributed by atoms with Crippen LogP contribution in [0.5, 0.6) is 0 Å². The molecule has 114 valence electrons. The van der Waals surface area contributed by atoms with Crippen molar-refractivity contribution in [3.63, 3.8) is 0 Å². The van der Waals surface area contributed by atoms with Gasteiger partial charge in [0.1, 0.15) is 5.76 Å². The first kappa shape index (κ1) is 15.5. The fourth-order valence-electron chi connectivity index (χ4n) is 1.98. The lowest BCUT2D eigenvalue weighted by Gasteiger charge is -2.09. The molecule has 0 saturated heterocycles. The van der Waals surface area contributed by atoms with Crippen molar-refractivity contribution in [1.82, 2.24) is 0 Å². The van der Waals surface area contributed by atoms with Gasteiger partial charge in [-0.3, -0.25) is 14.9 Å². The summed E-state index contributed by atoms with van der Waals surface area (Å²) in [7, 11) is 0. The maximum absolute atomic E-state index is 12.0. The summed E-state index contributed by atoms with van der Waals surface area (Å²) in [6.07, 6.45) is 1.43. The molecular weight excluding hydrogens is 284 g/mol. The highest BCUT2D eigenvalue weighted by Gasteiger charge is 2.10. The van der Waals surface area contributed by atoms with E-state index in [0.717, 1.165) is 5.56 Å². The third-order valence-corrected chi connectivity index (χ3v) is 3.08. The monoisotopic (exact) mass is 300 g/mol. The van der Waals surface area contributed by atoms with Gasteiger partial charge in [0.2, 0.25) is 5.78 Å². The highest BCUT2D eigenvalue weighted by Crippen LogP contribution is 2.22. The molecular formula is C16H16N2O4. The van der Waals surface area contributed by atoms with E-state index >= 15 is 0 Å². The van der Waals surface area contributed by atoms with Crippen LogP contribution in [0, 0.1) is 24.0 Å². The number of anilines is 1. The molecule has 1 heterocycles. The number of rotatable bonds is 5. The van der Waals surface area contributed by atoms with Crippen molar-refractivity contribution in [2.75, 3.05) is 5.32 Å². The van der Waals surface area contributed by atoms with Crippen molar-refractivity contribution in [3.8, 4) is 0 Å². The summed E-state index contributed by atoms with van der Waals surface area (Å²) in [6.45, 7) is 5.28. The Kier molecular flexibility index (Phi) is 4.41. The van der Waals surface area contributed by atoms with E-state index in [4.69, 9.17) is 4.42 Å². The van der Waals surface area contributed by atoms with Gasteiger partial charge in [-0.25, -0.2) is 0 Å². The van der Waals surface area contributed by atoms with Gasteiger partial charge in [0.15, 0.2) is 5.76 Å². The Balaban J connectivity index is 2.14. The third-order valence-electron chi connectivity index (χ3n) is 3.08. The number of furan rings is 1. The van der Waals surface area contributed by atoms with E-state index in [1.165, 1.54) is 18.2 Å². The van der Waals surface area contributed by atoms with Gasteiger partial charge in [0, 0.05) is 29.6 Å². The zero-order valence-corrected chi connectivity index (χ0v) is 12.5. The molecule has 0 saturated carbocycles. The lowest BCUT2D eigenvalue weighted by atomic mass is 10.1. The van der Waals surface area contributed by atoms with Gasteiger partial charge in [-0.05, 0) is 44.5 Å². The maximum atomic E-state index is 12.0. The smallest absolute Gasteiger partial charge is 0.269 e. The van der Waals surface area contributed by atoms with Gasteiger partial charge in [0.25, 0.3) is 5.69 Å². The number of hydrogen-bond acceptors (Lipinski definition) is 5. The number of hydrogen-bond donors (Lipinski definition) is 1. The van der Waals surface area contributed by atoms with Crippen molar-refractivity contribution in [2.45, 2.75) is 20.8 Å². The molecule has 2 aromatic rings. The number of nitro groups is 1. The second-order valence-electron chi connectivity index (χ2n) is 4.98. The lowest BCUT2D eigenvalue weighted by molar-refractivity contribution is -0.384. The van der Waals surface area contributed by atoms with Crippen molar-refractivity contribution >= 4 is 17.2 Å². The molecule has 0 unspecified atom stereocenters. The molecule has 0 amide bonds. The minimum atomic E-state index is -0.442. The van der Waals surface area contributed by atoms with Gasteiger partial charge in [-0.1, -0.05) is 0 Å². The Bertz CT molecular complexity index is 759. The third kappa shape index (κ3) is 3.60. The van der Waals surface area contributed by atoms with Crippen LogP contribution in [-0.4, -0.2) is 10.7 Å². The number of benzene rings is 1. The number of allylic oxidation sites excluding steroid dienone is 2. The fourth-order valence-corrected chi connectivity index (χ4v) is 1.98. The standard InChI is InChI=1S/C16H16N2O4/c1-10-8-13(18(20)21)5-6-14(10)17-11(2)9-15(19)16-7-4-12(3)22-16/h4-9,17H,1-3H3/b11-9+. The number of non-ortho nitro benzene ring substituents is 1. The number of nitrogens with zero attached hydrogens (tertiary/aromatic N) is 1. The summed E-state index contributed by atoms with van der Waals surface area (Å²) in [6, 6.07) is 7.86. The van der Waals surface area contributed by atoms with Crippen LogP contribution in [0.1, 0.15) is 28.8 Å². The van der Waals surface area contributed by atoms with Crippen molar-refractivity contribution in [1.29, 1.82) is 0 Å². The van der Waals surface area contributed by atoms with E-state index in [-0.39, 0.29) is 17.2 Å². The first-order chi connectivity index (χ1) is 10.4. The SMILES string of the molecule is C/C(=C\C(=O)c1ccc(C)o1)Nc1ccc([N+](=O)[O-])cc1C. The van der Waals surface area contributed by atoms with Gasteiger partial charge in [-0.2, -0.15) is 0 Å². The number of aryl methyl sites for hydroxylation is 2. The number of ketones is 1. The van der Waals surface area contributed by atoms with E-state index in [2.05, 4.69) is 5.32 Å². The molecule has 6 nitrogen and oxygen atoms in total. The van der Waals surface area contributed by atoms with Crippen molar-refractivity contribution in [2.24, 2.45) is 0 Å². The Morgan fingerprint density at radius 2 is 2.00 bits per heavy atom. The molecule has 1 aromatic carbocycles. The summed E-state index contributed by atoms with van der Waals surface area (Å²) >= 11 is 0. The fraction of sp³-hybridized carbons (Fsp3) is 0.188. The van der Waals surface area contributed by atoms with Gasteiger partial charge >= 0.3 is 0 Å². The Labute approximate surface area is 127 Å². The topological polar surface area (TPSA) is 85.4 Å². The van der Waals surface area contributed by atoms with Crippen LogP contribution in [0.4, 0.5) is 11.4 Å². The Hall–Kier alpha value is -2.89. The quantitative estimate of drug-likeness (QED) is 0.390. The molecule has 1 aromatic heterocycles. The van der Waals surface area contributed by atoms with Crippen LogP contribution in [0.15, 0.2) is 46.5 Å². The van der Waals surface area contributed by atoms with Crippen LogP contribution < -0.4 is 5.32 Å². The molecule has 0 aliphatic carbocycles. The van der Waals surface area contributed by atoms with Crippen LogP contribution in [-0.2, 0) is 0 Å². The summed E-state index contributed by atoms with van der Waals surface area (Å²) < 4.78 is 5.27. The zero-order valence-electron chi connectivity index (χ0n) is 12.5. The summed E-state index contributed by atoms with van der Waals surface area (Å²) in [5.74, 6) is 0.713. The molecule has 2 rings (SSSR count).